The molecule has 5 heteroatoms. The van der Waals surface area contributed by atoms with Crippen LogP contribution in [0.4, 0.5) is 4.79 Å². The smallest absolute Gasteiger partial charge is 0.410 e. The lowest BCUT2D eigenvalue weighted by Crippen LogP contribution is -2.51. The summed E-state index contributed by atoms with van der Waals surface area (Å²) in [6, 6.07) is 9.75. The number of benzene rings is 1. The summed E-state index contributed by atoms with van der Waals surface area (Å²) in [6.45, 7) is 2.38. The van der Waals surface area contributed by atoms with Gasteiger partial charge in [-0.2, -0.15) is 0 Å². The Kier molecular flexibility index (Phi) is 5.18. The average molecular weight is 319 g/mol. The van der Waals surface area contributed by atoms with Gasteiger partial charge in [0.15, 0.2) is 0 Å². The molecule has 1 heterocycles. The quantitative estimate of drug-likeness (QED) is 0.906. The first-order valence-electron chi connectivity index (χ1n) is 8.39. The molecule has 126 valence electrons. The van der Waals surface area contributed by atoms with Crippen molar-refractivity contribution in [2.45, 2.75) is 38.4 Å². The number of nitrogens with zero attached hydrogens (tertiary/aromatic N) is 1. The van der Waals surface area contributed by atoms with Crippen molar-refractivity contribution in [2.24, 2.45) is 5.41 Å². The van der Waals surface area contributed by atoms with Crippen molar-refractivity contribution in [1.29, 1.82) is 0 Å². The second kappa shape index (κ2) is 7.32. The van der Waals surface area contributed by atoms with Crippen LogP contribution in [0.1, 0.15) is 31.2 Å². The minimum Gasteiger partial charge on any atom is -0.445 e. The maximum atomic E-state index is 12.1. The summed E-state index contributed by atoms with van der Waals surface area (Å²) < 4.78 is 11.0. The van der Waals surface area contributed by atoms with E-state index in [0.29, 0.717) is 24.7 Å². The molecular formula is C18H25NO4. The molecule has 0 bridgehead atoms. The maximum Gasteiger partial charge on any atom is 0.410 e. The molecule has 1 saturated carbocycles. The van der Waals surface area contributed by atoms with E-state index in [0.717, 1.165) is 44.3 Å². The molecule has 3 rings (SSSR count). The van der Waals surface area contributed by atoms with E-state index in [2.05, 4.69) is 0 Å². The van der Waals surface area contributed by atoms with Crippen molar-refractivity contribution in [2.75, 3.05) is 26.3 Å². The first-order chi connectivity index (χ1) is 11.2. The van der Waals surface area contributed by atoms with Crippen LogP contribution in [0.2, 0.25) is 0 Å². The summed E-state index contributed by atoms with van der Waals surface area (Å²) in [6.07, 6.45) is 4.23. The first kappa shape index (κ1) is 16.3. The summed E-state index contributed by atoms with van der Waals surface area (Å²) in [5.41, 5.74) is 1.35. The third-order valence-corrected chi connectivity index (χ3v) is 5.05. The van der Waals surface area contributed by atoms with Gasteiger partial charge in [-0.1, -0.05) is 30.3 Å². The fourth-order valence-electron chi connectivity index (χ4n) is 3.63. The number of ether oxygens (including phenoxy) is 2. The number of aliphatic hydroxyl groups excluding tert-OH is 1. The fourth-order valence-corrected chi connectivity index (χ4v) is 3.63. The zero-order chi connectivity index (χ0) is 16.1. The number of hydrogen-bond donors (Lipinski definition) is 1. The Hall–Kier alpha value is -1.59. The SMILES string of the molecule is O=C(OCc1ccccc1)N1CCC2(CC1)CC(OCCO)C2. The maximum absolute atomic E-state index is 12.1. The second-order valence-corrected chi connectivity index (χ2v) is 6.65. The summed E-state index contributed by atoms with van der Waals surface area (Å²) in [5, 5.41) is 8.78. The molecule has 5 nitrogen and oxygen atoms in total. The highest BCUT2D eigenvalue weighted by Gasteiger charge is 2.47. The lowest BCUT2D eigenvalue weighted by Gasteiger charge is -2.51. The summed E-state index contributed by atoms with van der Waals surface area (Å²) in [7, 11) is 0. The van der Waals surface area contributed by atoms with E-state index in [1.807, 2.05) is 35.2 Å². The Morgan fingerprint density at radius 1 is 1.22 bits per heavy atom. The van der Waals surface area contributed by atoms with E-state index in [-0.39, 0.29) is 12.7 Å². The van der Waals surface area contributed by atoms with Crippen LogP contribution in [0.25, 0.3) is 0 Å². The van der Waals surface area contributed by atoms with Crippen LogP contribution in [0.5, 0.6) is 0 Å². The summed E-state index contributed by atoms with van der Waals surface area (Å²) in [4.78, 5) is 14.0. The van der Waals surface area contributed by atoms with Gasteiger partial charge in [0.1, 0.15) is 6.61 Å². The van der Waals surface area contributed by atoms with E-state index >= 15 is 0 Å². The first-order valence-corrected chi connectivity index (χ1v) is 8.39. The van der Waals surface area contributed by atoms with Crippen LogP contribution in [-0.2, 0) is 16.1 Å². The monoisotopic (exact) mass is 319 g/mol. The van der Waals surface area contributed by atoms with E-state index < -0.39 is 0 Å². The van der Waals surface area contributed by atoms with Crippen LogP contribution in [-0.4, -0.2) is 48.5 Å². The van der Waals surface area contributed by atoms with Gasteiger partial charge in [-0.25, -0.2) is 4.79 Å². The number of carbonyl (C=O) groups excluding carboxylic acids is 1. The molecule has 1 saturated heterocycles. The molecule has 0 radical (unpaired) electrons. The van der Waals surface area contributed by atoms with Crippen molar-refractivity contribution in [1.82, 2.24) is 4.90 Å². The largest absolute Gasteiger partial charge is 0.445 e. The standard InChI is InChI=1S/C18H25NO4/c20-10-11-22-16-12-18(13-16)6-8-19(9-7-18)17(21)23-14-15-4-2-1-3-5-15/h1-5,16,20H,6-14H2. The van der Waals surface area contributed by atoms with E-state index in [1.54, 1.807) is 0 Å². The molecule has 1 spiro atoms. The molecule has 1 aliphatic heterocycles. The Bertz CT molecular complexity index is 503. The number of rotatable bonds is 5. The Morgan fingerprint density at radius 3 is 2.57 bits per heavy atom. The third-order valence-electron chi connectivity index (χ3n) is 5.05. The van der Waals surface area contributed by atoms with Gasteiger partial charge in [-0.05, 0) is 36.7 Å². The molecule has 0 unspecified atom stereocenters. The van der Waals surface area contributed by atoms with Gasteiger partial charge in [0.05, 0.1) is 19.3 Å². The predicted molar refractivity (Wildman–Crippen MR) is 85.9 cm³/mol. The van der Waals surface area contributed by atoms with Gasteiger partial charge in [-0.3, -0.25) is 0 Å². The lowest BCUT2D eigenvalue weighted by molar-refractivity contribution is -0.108. The van der Waals surface area contributed by atoms with Crippen molar-refractivity contribution in [3.8, 4) is 0 Å². The molecule has 23 heavy (non-hydrogen) atoms. The topological polar surface area (TPSA) is 59.0 Å². The van der Waals surface area contributed by atoms with Crippen LogP contribution < -0.4 is 0 Å². The summed E-state index contributed by atoms with van der Waals surface area (Å²) in [5.74, 6) is 0. The summed E-state index contributed by atoms with van der Waals surface area (Å²) >= 11 is 0. The van der Waals surface area contributed by atoms with Gasteiger partial charge in [0.2, 0.25) is 0 Å². The Balaban J connectivity index is 1.38. The second-order valence-electron chi connectivity index (χ2n) is 6.65. The molecular weight excluding hydrogens is 294 g/mol. The normalized spacial score (nSPS) is 20.3. The molecule has 1 N–H and O–H groups in total. The molecule has 0 atom stereocenters. The number of amides is 1. The number of carbonyl (C=O) groups is 1. The zero-order valence-electron chi connectivity index (χ0n) is 13.4. The molecule has 1 aliphatic carbocycles. The molecule has 2 aliphatic rings. The molecule has 1 aromatic rings. The average Bonchev–Trinajstić information content (AvgIpc) is 2.57. The Labute approximate surface area is 137 Å². The Morgan fingerprint density at radius 2 is 1.91 bits per heavy atom. The molecule has 0 aromatic heterocycles. The molecule has 2 fully saturated rings. The number of likely N-dealkylation sites (tertiary alicyclic amines) is 1. The van der Waals surface area contributed by atoms with Crippen molar-refractivity contribution in [3.05, 3.63) is 35.9 Å². The molecule has 1 aromatic carbocycles. The van der Waals surface area contributed by atoms with Crippen LogP contribution in [0, 0.1) is 5.41 Å². The van der Waals surface area contributed by atoms with Crippen LogP contribution >= 0.6 is 0 Å². The van der Waals surface area contributed by atoms with Crippen molar-refractivity contribution < 1.29 is 19.4 Å². The number of hydrogen-bond acceptors (Lipinski definition) is 4. The van der Waals surface area contributed by atoms with Gasteiger partial charge >= 0.3 is 6.09 Å². The van der Waals surface area contributed by atoms with E-state index in [9.17, 15) is 4.79 Å². The van der Waals surface area contributed by atoms with Gasteiger partial charge < -0.3 is 19.5 Å². The van der Waals surface area contributed by atoms with Gasteiger partial charge in [0.25, 0.3) is 0 Å². The fraction of sp³-hybridized carbons (Fsp3) is 0.611. The van der Waals surface area contributed by atoms with Crippen LogP contribution in [0.15, 0.2) is 30.3 Å². The van der Waals surface area contributed by atoms with E-state index in [4.69, 9.17) is 14.6 Å². The minimum atomic E-state index is -0.212. The highest BCUT2D eigenvalue weighted by Crippen LogP contribution is 2.50. The minimum absolute atomic E-state index is 0.0878. The molecule has 1 amide bonds. The highest BCUT2D eigenvalue weighted by molar-refractivity contribution is 5.67. The number of piperidine rings is 1. The highest BCUT2D eigenvalue weighted by atomic mass is 16.6. The van der Waals surface area contributed by atoms with Crippen molar-refractivity contribution in [3.63, 3.8) is 0 Å². The van der Waals surface area contributed by atoms with Gasteiger partial charge in [0, 0.05) is 13.1 Å². The number of aliphatic hydroxyl groups is 1. The zero-order valence-corrected chi connectivity index (χ0v) is 13.4. The van der Waals surface area contributed by atoms with E-state index in [1.165, 1.54) is 0 Å². The van der Waals surface area contributed by atoms with Gasteiger partial charge in [-0.15, -0.1) is 0 Å². The third kappa shape index (κ3) is 4.03. The lowest BCUT2D eigenvalue weighted by atomic mass is 9.61. The van der Waals surface area contributed by atoms with Crippen molar-refractivity contribution >= 4 is 6.09 Å². The van der Waals surface area contributed by atoms with Crippen LogP contribution in [0.3, 0.4) is 0 Å². The predicted octanol–water partition coefficient (Wildman–Crippen LogP) is 2.58.